The van der Waals surface area contributed by atoms with Gasteiger partial charge in [-0.05, 0) is 92.4 Å². The standard InChI is InChI=1S/C37H58N10O6/c38-14-4-8-27(40)22-45-34(50)28(41)9-1-2-16-43-33(49)13-17-44-36(52)31-19-23-6-3-7-24(18-23)25-11-12-32(48)26(20-25)21-29(42)35(51)46-30(10-5-15-39)37(53)47-31/h3,6-7,11-12,18,20,27-31,48H,1-2,4-5,8-10,13-17,19,21-22,38-42H2,(H,43,49)(H,44,52)(H,45,50)(H,46,51)(H,47,53)/t27-,28-,29-,30-,31-/m0/s1. The molecule has 16 heteroatoms. The maximum Gasteiger partial charge on any atom is 0.243 e. The van der Waals surface area contributed by atoms with E-state index in [2.05, 4.69) is 26.6 Å². The summed E-state index contributed by atoms with van der Waals surface area (Å²) in [4.78, 5) is 64.9. The highest BCUT2D eigenvalue weighted by molar-refractivity contribution is 5.93. The minimum atomic E-state index is -1.06. The van der Waals surface area contributed by atoms with E-state index in [4.69, 9.17) is 28.7 Å². The summed E-state index contributed by atoms with van der Waals surface area (Å²) in [6, 6.07) is 8.56. The molecule has 3 rings (SSSR count). The molecule has 0 saturated carbocycles. The van der Waals surface area contributed by atoms with E-state index in [1.807, 2.05) is 24.3 Å². The molecule has 53 heavy (non-hydrogen) atoms. The average molecular weight is 739 g/mol. The van der Waals surface area contributed by atoms with Crippen molar-refractivity contribution in [3.05, 3.63) is 53.6 Å². The zero-order valence-electron chi connectivity index (χ0n) is 30.4. The van der Waals surface area contributed by atoms with Crippen LogP contribution in [0.15, 0.2) is 42.5 Å². The molecule has 1 heterocycles. The lowest BCUT2D eigenvalue weighted by Crippen LogP contribution is -2.56. The number of hydrogen-bond acceptors (Lipinski definition) is 11. The molecule has 5 amide bonds. The van der Waals surface area contributed by atoms with Gasteiger partial charge >= 0.3 is 0 Å². The van der Waals surface area contributed by atoms with E-state index in [1.54, 1.807) is 18.2 Å². The van der Waals surface area contributed by atoms with Crippen LogP contribution in [0.2, 0.25) is 0 Å². The van der Waals surface area contributed by atoms with Crippen LogP contribution in [-0.4, -0.2) is 97.6 Å². The number of nitrogens with one attached hydrogen (secondary N) is 5. The van der Waals surface area contributed by atoms with E-state index in [-0.39, 0.29) is 62.4 Å². The van der Waals surface area contributed by atoms with Crippen LogP contribution in [0.1, 0.15) is 62.5 Å². The molecule has 0 unspecified atom stereocenters. The molecule has 0 fully saturated rings. The molecule has 16 nitrogen and oxygen atoms in total. The first-order chi connectivity index (χ1) is 25.4. The number of nitrogens with two attached hydrogens (primary N) is 5. The fraction of sp³-hybridized carbons (Fsp3) is 0.541. The second kappa shape index (κ2) is 22.5. The van der Waals surface area contributed by atoms with Gasteiger partial charge in [0.25, 0.3) is 0 Å². The summed E-state index contributed by atoms with van der Waals surface area (Å²) in [5, 5.41) is 24.3. The van der Waals surface area contributed by atoms with Crippen LogP contribution in [-0.2, 0) is 36.8 Å². The summed E-state index contributed by atoms with van der Waals surface area (Å²) in [5.41, 5.74) is 32.2. The molecule has 4 bridgehead atoms. The third kappa shape index (κ3) is 14.7. The van der Waals surface area contributed by atoms with Gasteiger partial charge in [-0.1, -0.05) is 30.3 Å². The Morgan fingerprint density at radius 1 is 0.830 bits per heavy atom. The highest BCUT2D eigenvalue weighted by Crippen LogP contribution is 2.28. The zero-order valence-corrected chi connectivity index (χ0v) is 30.4. The molecule has 16 N–H and O–H groups in total. The zero-order chi connectivity index (χ0) is 38.8. The van der Waals surface area contributed by atoms with E-state index >= 15 is 0 Å². The number of unbranched alkanes of at least 4 members (excludes halogenated alkanes) is 1. The molecule has 1 aliphatic heterocycles. The second-order valence-corrected chi connectivity index (χ2v) is 13.5. The van der Waals surface area contributed by atoms with Crippen LogP contribution in [0.25, 0.3) is 11.1 Å². The van der Waals surface area contributed by atoms with Gasteiger partial charge in [-0.25, -0.2) is 0 Å². The number of benzene rings is 2. The summed E-state index contributed by atoms with van der Waals surface area (Å²) in [7, 11) is 0. The van der Waals surface area contributed by atoms with Gasteiger partial charge in [0.1, 0.15) is 17.8 Å². The van der Waals surface area contributed by atoms with Crippen LogP contribution in [0, 0.1) is 0 Å². The first-order valence-electron chi connectivity index (χ1n) is 18.4. The van der Waals surface area contributed by atoms with Crippen molar-refractivity contribution < 1.29 is 29.1 Å². The molecular formula is C37H58N10O6. The molecule has 0 saturated heterocycles. The van der Waals surface area contributed by atoms with Gasteiger partial charge in [-0.3, -0.25) is 24.0 Å². The van der Waals surface area contributed by atoms with Crippen molar-refractivity contribution in [3.63, 3.8) is 0 Å². The smallest absolute Gasteiger partial charge is 0.243 e. The molecule has 1 aliphatic rings. The van der Waals surface area contributed by atoms with Crippen molar-refractivity contribution in [3.8, 4) is 16.9 Å². The first kappa shape index (κ1) is 42.8. The van der Waals surface area contributed by atoms with Gasteiger partial charge in [0.15, 0.2) is 0 Å². The molecule has 2 aromatic carbocycles. The Balaban J connectivity index is 1.58. The second-order valence-electron chi connectivity index (χ2n) is 13.5. The van der Waals surface area contributed by atoms with Crippen molar-refractivity contribution >= 4 is 29.5 Å². The van der Waals surface area contributed by atoms with Gasteiger partial charge in [0.05, 0.1) is 12.1 Å². The fourth-order valence-electron chi connectivity index (χ4n) is 5.93. The molecule has 0 aliphatic carbocycles. The highest BCUT2D eigenvalue weighted by Gasteiger charge is 2.29. The van der Waals surface area contributed by atoms with Gasteiger partial charge in [-0.2, -0.15) is 0 Å². The van der Waals surface area contributed by atoms with Gasteiger partial charge in [0.2, 0.25) is 29.5 Å². The fourth-order valence-corrected chi connectivity index (χ4v) is 5.93. The van der Waals surface area contributed by atoms with E-state index in [0.717, 1.165) is 29.5 Å². The number of hydrogen-bond donors (Lipinski definition) is 11. The Hall–Kier alpha value is -4.61. The number of phenolic OH excluding ortho intramolecular Hbond substituents is 1. The first-order valence-corrected chi connectivity index (χ1v) is 18.4. The van der Waals surface area contributed by atoms with Crippen LogP contribution in [0.3, 0.4) is 0 Å². The number of fused-ring (bicyclic) bond motifs is 5. The summed E-state index contributed by atoms with van der Waals surface area (Å²) >= 11 is 0. The SMILES string of the molecule is NCCC[C@H](N)CNC(=O)[C@@H](N)CCCCNC(=O)CCNC(=O)[C@@H]1Cc2cccc(c2)-c2ccc(O)c(c2)C[C@H](N)C(=O)N[C@@H](CCCN)C(=O)N1. The molecule has 0 radical (unpaired) electrons. The third-order valence-corrected chi connectivity index (χ3v) is 9.09. The number of rotatable bonds is 18. The van der Waals surface area contributed by atoms with Gasteiger partial charge < -0.3 is 60.4 Å². The lowest BCUT2D eigenvalue weighted by molar-refractivity contribution is -0.132. The molecular weight excluding hydrogens is 680 g/mol. The van der Waals surface area contributed by atoms with Gasteiger partial charge in [-0.15, -0.1) is 0 Å². The Labute approximate surface area is 311 Å². The predicted octanol–water partition coefficient (Wildman–Crippen LogP) is -1.50. The van der Waals surface area contributed by atoms with Crippen LogP contribution in [0.4, 0.5) is 0 Å². The summed E-state index contributed by atoms with van der Waals surface area (Å²) < 4.78 is 0. The third-order valence-electron chi connectivity index (χ3n) is 9.09. The van der Waals surface area contributed by atoms with Crippen molar-refractivity contribution in [2.24, 2.45) is 28.7 Å². The number of phenols is 1. The molecule has 2 aromatic rings. The average Bonchev–Trinajstić information content (AvgIpc) is 3.14. The largest absolute Gasteiger partial charge is 0.508 e. The van der Waals surface area contributed by atoms with E-state index < -0.39 is 41.9 Å². The predicted molar refractivity (Wildman–Crippen MR) is 203 cm³/mol. The maximum atomic E-state index is 13.6. The number of carbonyl (C=O) groups is 5. The van der Waals surface area contributed by atoms with Crippen molar-refractivity contribution in [2.45, 2.75) is 94.4 Å². The Bertz CT molecular complexity index is 1520. The quantitative estimate of drug-likeness (QED) is 0.0782. The van der Waals surface area contributed by atoms with Crippen LogP contribution in [0.5, 0.6) is 5.75 Å². The monoisotopic (exact) mass is 738 g/mol. The summed E-state index contributed by atoms with van der Waals surface area (Å²) in [6.45, 7) is 1.56. The normalized spacial score (nSPS) is 18.7. The number of carbonyl (C=O) groups excluding carboxylic acids is 5. The highest BCUT2D eigenvalue weighted by atomic mass is 16.3. The van der Waals surface area contributed by atoms with E-state index in [0.29, 0.717) is 50.9 Å². The van der Waals surface area contributed by atoms with E-state index in [1.165, 1.54) is 0 Å². The molecule has 0 spiro atoms. The topological polar surface area (TPSA) is 296 Å². The Morgan fingerprint density at radius 2 is 1.58 bits per heavy atom. The van der Waals surface area contributed by atoms with E-state index in [9.17, 15) is 29.1 Å². The number of aromatic hydroxyl groups is 1. The lowest BCUT2D eigenvalue weighted by Gasteiger charge is -2.24. The Morgan fingerprint density at radius 3 is 2.34 bits per heavy atom. The van der Waals surface area contributed by atoms with Gasteiger partial charge in [0, 0.05) is 44.9 Å². The summed E-state index contributed by atoms with van der Waals surface area (Å²) in [6.07, 6.45) is 4.00. The molecule has 5 atom stereocenters. The van der Waals surface area contributed by atoms with Crippen molar-refractivity contribution in [2.75, 3.05) is 32.7 Å². The summed E-state index contributed by atoms with van der Waals surface area (Å²) in [5.74, 6) is -2.20. The molecule has 0 aromatic heterocycles. The van der Waals surface area contributed by atoms with Crippen molar-refractivity contribution in [1.29, 1.82) is 0 Å². The Kier molecular flexibility index (Phi) is 18.1. The minimum Gasteiger partial charge on any atom is -0.508 e. The molecule has 292 valence electrons. The maximum absolute atomic E-state index is 13.6. The minimum absolute atomic E-state index is 0.00174. The van der Waals surface area contributed by atoms with Crippen LogP contribution >= 0.6 is 0 Å². The van der Waals surface area contributed by atoms with Crippen LogP contribution < -0.4 is 55.3 Å². The van der Waals surface area contributed by atoms with Crippen molar-refractivity contribution in [1.82, 2.24) is 26.6 Å². The lowest BCUT2D eigenvalue weighted by atomic mass is 9.96. The number of amides is 5.